The highest BCUT2D eigenvalue weighted by atomic mass is 19.2. The minimum atomic E-state index is -1.61. The van der Waals surface area contributed by atoms with E-state index in [0.29, 0.717) is 30.1 Å². The zero-order valence-electron chi connectivity index (χ0n) is 15.6. The molecule has 0 radical (unpaired) electrons. The van der Waals surface area contributed by atoms with Gasteiger partial charge in [-0.3, -0.25) is 4.68 Å². The van der Waals surface area contributed by atoms with Gasteiger partial charge >= 0.3 is 6.03 Å². The Bertz CT molecular complexity index is 1080. The molecule has 1 atom stereocenters. The Morgan fingerprint density at radius 2 is 1.90 bits per heavy atom. The minimum absolute atomic E-state index is 0.0791. The van der Waals surface area contributed by atoms with Crippen molar-refractivity contribution in [2.45, 2.75) is 26.1 Å². The summed E-state index contributed by atoms with van der Waals surface area (Å²) in [5.74, 6) is -4.45. The maximum absolute atomic E-state index is 13.4. The number of hydrogen-bond donors (Lipinski definition) is 1. The van der Waals surface area contributed by atoms with Gasteiger partial charge in [-0.15, -0.1) is 0 Å². The topological polar surface area (TPSA) is 72.3 Å². The summed E-state index contributed by atoms with van der Waals surface area (Å²) < 4.78 is 60.3. The third-order valence-corrected chi connectivity index (χ3v) is 4.61. The molecule has 0 unspecified atom stereocenters. The maximum Gasteiger partial charge on any atom is 0.322 e. The van der Waals surface area contributed by atoms with Gasteiger partial charge < -0.3 is 15.0 Å². The summed E-state index contributed by atoms with van der Waals surface area (Å²) in [7, 11) is 0. The molecule has 7 nitrogen and oxygen atoms in total. The second kappa shape index (κ2) is 7.65. The Labute approximate surface area is 167 Å². The summed E-state index contributed by atoms with van der Waals surface area (Å²) >= 11 is 0. The van der Waals surface area contributed by atoms with Gasteiger partial charge in [-0.05, 0) is 13.0 Å². The lowest BCUT2D eigenvalue weighted by Gasteiger charge is -2.34. The van der Waals surface area contributed by atoms with E-state index >= 15 is 0 Å². The van der Waals surface area contributed by atoms with E-state index in [-0.39, 0.29) is 24.2 Å². The Hall–Kier alpha value is -3.63. The zero-order valence-corrected chi connectivity index (χ0v) is 15.6. The quantitative estimate of drug-likeness (QED) is 0.511. The normalized spacial score (nSPS) is 15.6. The lowest BCUT2D eigenvalue weighted by atomic mass is 10.2. The number of halogens is 4. The molecular weight excluding hydrogens is 406 g/mol. The number of anilines is 1. The highest BCUT2D eigenvalue weighted by molar-refractivity contribution is 5.89. The molecule has 1 aromatic carbocycles. The first kappa shape index (κ1) is 19.7. The maximum atomic E-state index is 13.4. The van der Waals surface area contributed by atoms with Crippen molar-refractivity contribution in [1.29, 1.82) is 0 Å². The number of rotatable bonds is 3. The van der Waals surface area contributed by atoms with Crippen LogP contribution < -0.4 is 10.1 Å². The third-order valence-electron chi connectivity index (χ3n) is 4.61. The number of pyridine rings is 1. The Morgan fingerprint density at radius 3 is 2.57 bits per heavy atom. The molecule has 1 aliphatic rings. The number of carbonyl (C=O) groups excluding carboxylic acids is 1. The van der Waals surface area contributed by atoms with Gasteiger partial charge in [0.25, 0.3) is 0 Å². The molecule has 0 spiro atoms. The van der Waals surface area contributed by atoms with Crippen LogP contribution in [0.2, 0.25) is 0 Å². The van der Waals surface area contributed by atoms with E-state index in [9.17, 15) is 22.4 Å². The van der Waals surface area contributed by atoms with E-state index in [1.165, 1.54) is 23.2 Å². The highest BCUT2D eigenvalue weighted by Crippen LogP contribution is 2.29. The molecule has 156 valence electrons. The van der Waals surface area contributed by atoms with Crippen molar-refractivity contribution in [1.82, 2.24) is 19.7 Å². The van der Waals surface area contributed by atoms with Crippen LogP contribution in [0.4, 0.5) is 28.0 Å². The molecule has 0 saturated heterocycles. The molecule has 3 aromatic rings. The molecule has 3 heterocycles. The number of fused-ring (bicyclic) bond motifs is 1. The molecule has 0 saturated carbocycles. The number of benzene rings is 1. The van der Waals surface area contributed by atoms with Gasteiger partial charge in [-0.1, -0.05) is 0 Å². The fourth-order valence-corrected chi connectivity index (χ4v) is 3.09. The molecule has 11 heteroatoms. The van der Waals surface area contributed by atoms with Crippen LogP contribution in [0, 0.1) is 23.3 Å². The summed E-state index contributed by atoms with van der Waals surface area (Å²) in [6.45, 7) is 2.20. The second-order valence-electron chi connectivity index (χ2n) is 6.72. The van der Waals surface area contributed by atoms with Gasteiger partial charge in [-0.25, -0.2) is 27.3 Å². The van der Waals surface area contributed by atoms with Crippen LogP contribution in [-0.2, 0) is 13.1 Å². The van der Waals surface area contributed by atoms with Gasteiger partial charge in [0, 0.05) is 23.9 Å². The average Bonchev–Trinajstić information content (AvgIpc) is 3.08. The highest BCUT2D eigenvalue weighted by Gasteiger charge is 2.30. The first-order valence-electron chi connectivity index (χ1n) is 8.88. The summed E-state index contributed by atoms with van der Waals surface area (Å²) in [5.41, 5.74) is 0.348. The molecular formula is C19H15F4N5O2. The van der Waals surface area contributed by atoms with Crippen molar-refractivity contribution in [3.05, 3.63) is 65.6 Å². The van der Waals surface area contributed by atoms with E-state index in [2.05, 4.69) is 15.4 Å². The predicted molar refractivity (Wildman–Crippen MR) is 96.8 cm³/mol. The van der Waals surface area contributed by atoms with E-state index < -0.39 is 29.3 Å². The van der Waals surface area contributed by atoms with Crippen molar-refractivity contribution in [2.24, 2.45) is 0 Å². The third kappa shape index (κ3) is 3.78. The van der Waals surface area contributed by atoms with Gasteiger partial charge in [0.2, 0.25) is 5.88 Å². The number of aromatic nitrogens is 3. The first-order chi connectivity index (χ1) is 14.3. The first-order valence-corrected chi connectivity index (χ1v) is 8.88. The van der Waals surface area contributed by atoms with Crippen LogP contribution in [0.1, 0.15) is 12.6 Å². The molecule has 1 aliphatic heterocycles. The average molecular weight is 421 g/mol. The standard InChI is InChI=1S/C19H15F4N5O2/c1-10-8-28-15(16(7-25-28)30-17-3-2-11(20)6-24-17)9-27(10)19(29)26-12-4-13(21)18(23)14(22)5-12/h2-7,10H,8-9H2,1H3,(H,26,29)/t10-/m0/s1. The van der Waals surface area contributed by atoms with Crippen molar-refractivity contribution < 1.29 is 27.1 Å². The lowest BCUT2D eigenvalue weighted by Crippen LogP contribution is -2.46. The summed E-state index contributed by atoms with van der Waals surface area (Å²) in [5, 5.41) is 6.59. The van der Waals surface area contributed by atoms with Crippen molar-refractivity contribution in [3.63, 3.8) is 0 Å². The van der Waals surface area contributed by atoms with Crippen LogP contribution in [0.25, 0.3) is 0 Å². The summed E-state index contributed by atoms with van der Waals surface area (Å²) in [6.07, 6.45) is 2.47. The second-order valence-corrected chi connectivity index (χ2v) is 6.72. The van der Waals surface area contributed by atoms with Crippen LogP contribution in [0.5, 0.6) is 11.6 Å². The predicted octanol–water partition coefficient (Wildman–Crippen LogP) is 4.06. The molecule has 30 heavy (non-hydrogen) atoms. The van der Waals surface area contributed by atoms with Crippen molar-refractivity contribution >= 4 is 11.7 Å². The van der Waals surface area contributed by atoms with E-state index in [4.69, 9.17) is 4.74 Å². The Kier molecular flexibility index (Phi) is 5.02. The van der Waals surface area contributed by atoms with Gasteiger partial charge in [0.1, 0.15) is 11.5 Å². The molecule has 2 amide bonds. The van der Waals surface area contributed by atoms with Crippen molar-refractivity contribution in [3.8, 4) is 11.6 Å². The van der Waals surface area contributed by atoms with E-state index in [1.807, 2.05) is 0 Å². The smallest absolute Gasteiger partial charge is 0.322 e. The van der Waals surface area contributed by atoms with Gasteiger partial charge in [-0.2, -0.15) is 5.10 Å². The number of hydrogen-bond acceptors (Lipinski definition) is 4. The van der Waals surface area contributed by atoms with Crippen LogP contribution in [0.3, 0.4) is 0 Å². The van der Waals surface area contributed by atoms with Gasteiger partial charge in [0.15, 0.2) is 23.2 Å². The lowest BCUT2D eigenvalue weighted by molar-refractivity contribution is 0.160. The van der Waals surface area contributed by atoms with Crippen LogP contribution >= 0.6 is 0 Å². The van der Waals surface area contributed by atoms with Crippen LogP contribution in [-0.4, -0.2) is 31.7 Å². The Balaban J connectivity index is 1.53. The Morgan fingerprint density at radius 1 is 1.17 bits per heavy atom. The fraction of sp³-hybridized carbons (Fsp3) is 0.211. The molecule has 0 fully saturated rings. The molecule has 2 aromatic heterocycles. The summed E-state index contributed by atoms with van der Waals surface area (Å²) in [4.78, 5) is 17.9. The number of amides is 2. The molecule has 1 N–H and O–H groups in total. The minimum Gasteiger partial charge on any atom is -0.435 e. The molecule has 0 aliphatic carbocycles. The summed E-state index contributed by atoms with van der Waals surface area (Å²) in [6, 6.07) is 3.01. The number of ether oxygens (including phenoxy) is 1. The largest absolute Gasteiger partial charge is 0.435 e. The number of nitrogens with zero attached hydrogens (tertiary/aromatic N) is 4. The molecule has 4 rings (SSSR count). The number of urea groups is 1. The number of carbonyl (C=O) groups is 1. The van der Waals surface area contributed by atoms with E-state index in [0.717, 1.165) is 6.20 Å². The van der Waals surface area contributed by atoms with Crippen LogP contribution in [0.15, 0.2) is 36.7 Å². The number of nitrogens with one attached hydrogen (secondary N) is 1. The van der Waals surface area contributed by atoms with Crippen molar-refractivity contribution in [2.75, 3.05) is 5.32 Å². The monoisotopic (exact) mass is 421 g/mol. The van der Waals surface area contributed by atoms with E-state index in [1.54, 1.807) is 11.6 Å². The van der Waals surface area contributed by atoms with Gasteiger partial charge in [0.05, 0.1) is 31.5 Å². The molecule has 0 bridgehead atoms. The SMILES string of the molecule is C[C@H]1Cn2ncc(Oc3ccc(F)cn3)c2CN1C(=O)Nc1cc(F)c(F)c(F)c1. The fourth-order valence-electron chi connectivity index (χ4n) is 3.09. The zero-order chi connectivity index (χ0) is 21.4.